The second-order valence-corrected chi connectivity index (χ2v) is 10.2. The molecule has 1 radical (unpaired) electrons. The summed E-state index contributed by atoms with van der Waals surface area (Å²) in [6, 6.07) is 27.0. The van der Waals surface area contributed by atoms with E-state index in [9.17, 15) is 4.79 Å². The molecule has 0 atom stereocenters. The Bertz CT molecular complexity index is 1880. The molecule has 3 heterocycles. The molecule has 0 amide bonds. The Morgan fingerprint density at radius 3 is 2.48 bits per heavy atom. The summed E-state index contributed by atoms with van der Waals surface area (Å²) in [6.07, 6.45) is 3.89. The molecule has 0 aliphatic heterocycles. The van der Waals surface area contributed by atoms with Crippen LogP contribution in [-0.4, -0.2) is 15.9 Å². The van der Waals surface area contributed by atoms with E-state index in [0.717, 1.165) is 39.6 Å². The summed E-state index contributed by atoms with van der Waals surface area (Å²) in [5.74, 6) is 0.468. The molecule has 0 spiro atoms. The third-order valence-corrected chi connectivity index (χ3v) is 6.57. The van der Waals surface area contributed by atoms with Crippen molar-refractivity contribution in [2.75, 3.05) is 0 Å². The van der Waals surface area contributed by atoms with Crippen LogP contribution in [0.25, 0.3) is 55.0 Å². The number of aliphatic hydroxyl groups excluding tert-OH is 1. The van der Waals surface area contributed by atoms with Crippen molar-refractivity contribution in [2.45, 2.75) is 34.1 Å². The molecule has 5 nitrogen and oxygen atoms in total. The maximum absolute atomic E-state index is 10.0. The van der Waals surface area contributed by atoms with E-state index in [1.165, 1.54) is 41.6 Å². The maximum Gasteiger partial charge on any atom is 0.216 e. The molecule has 205 valence electrons. The van der Waals surface area contributed by atoms with E-state index in [1.54, 1.807) is 6.20 Å². The van der Waals surface area contributed by atoms with Crippen LogP contribution in [0.5, 0.6) is 0 Å². The molecule has 0 saturated carbocycles. The summed E-state index contributed by atoms with van der Waals surface area (Å²) >= 11 is 0. The van der Waals surface area contributed by atoms with Gasteiger partial charge in [0.05, 0.1) is 11.3 Å². The van der Waals surface area contributed by atoms with Crippen molar-refractivity contribution in [3.63, 3.8) is 0 Å². The van der Waals surface area contributed by atoms with Gasteiger partial charge in [-0.25, -0.2) is 4.98 Å². The van der Waals surface area contributed by atoms with Gasteiger partial charge in [-0.1, -0.05) is 55.6 Å². The van der Waals surface area contributed by atoms with E-state index in [1.807, 2.05) is 10.6 Å². The minimum absolute atomic E-state index is 0. The van der Waals surface area contributed by atoms with Gasteiger partial charge in [-0.05, 0) is 72.2 Å². The molecule has 0 aliphatic rings. The van der Waals surface area contributed by atoms with Crippen molar-refractivity contribution in [1.29, 1.82) is 0 Å². The van der Waals surface area contributed by atoms with Crippen LogP contribution in [0.1, 0.15) is 33.3 Å². The molecule has 0 saturated heterocycles. The molecule has 0 fully saturated rings. The topological polar surface area (TPSA) is 67.2 Å². The first kappa shape index (κ1) is 29.0. The minimum Gasteiger partial charge on any atom is -0.512 e. The van der Waals surface area contributed by atoms with E-state index in [-0.39, 0.29) is 31.6 Å². The monoisotopic (exact) mass is 708 g/mol. The first-order chi connectivity index (χ1) is 18.7. The second-order valence-electron chi connectivity index (χ2n) is 10.2. The van der Waals surface area contributed by atoms with Crippen molar-refractivity contribution < 1.29 is 39.0 Å². The molecular weight excluding hydrogens is 677 g/mol. The smallest absolute Gasteiger partial charge is 0.216 e. The summed E-state index contributed by atoms with van der Waals surface area (Å²) in [5.41, 5.74) is 5.62. The minimum atomic E-state index is -0.125. The molecule has 3 aromatic carbocycles. The fourth-order valence-corrected chi connectivity index (χ4v) is 5.03. The molecule has 40 heavy (non-hydrogen) atoms. The molecular formula is C34H31IrN2O3-. The number of carbonyl (C=O) groups is 1. The van der Waals surface area contributed by atoms with Crippen LogP contribution in [0.2, 0.25) is 0 Å². The molecule has 6 aromatic rings. The molecule has 6 rings (SSSR count). The van der Waals surface area contributed by atoms with Crippen molar-refractivity contribution in [2.24, 2.45) is 5.92 Å². The zero-order chi connectivity index (χ0) is 27.7. The van der Waals surface area contributed by atoms with E-state index >= 15 is 0 Å². The molecule has 0 aliphatic carbocycles. The number of aliphatic hydroxyl groups is 1. The van der Waals surface area contributed by atoms with Crippen molar-refractivity contribution in [3.8, 4) is 11.3 Å². The SMILES string of the molecule is CC(=O)/C=C(/C)O.[CH2-][n+]1c(-c2[c-]c(CC(C)C)cc3c2oc2ncccc23)ccc2c3ccccc3ccc21.[Ir]. The summed E-state index contributed by atoms with van der Waals surface area (Å²) in [4.78, 5) is 14.5. The number of benzene rings is 3. The molecule has 3 aromatic heterocycles. The Balaban J connectivity index is 0.000000413. The van der Waals surface area contributed by atoms with Crippen LogP contribution in [0.3, 0.4) is 0 Å². The van der Waals surface area contributed by atoms with Crippen LogP contribution >= 0.6 is 0 Å². The summed E-state index contributed by atoms with van der Waals surface area (Å²) in [7, 11) is 4.42. The van der Waals surface area contributed by atoms with E-state index < -0.39 is 0 Å². The predicted octanol–water partition coefficient (Wildman–Crippen LogP) is 7.91. The van der Waals surface area contributed by atoms with Gasteiger partial charge in [0.25, 0.3) is 0 Å². The summed E-state index contributed by atoms with van der Waals surface area (Å²) in [5, 5.41) is 14.1. The molecule has 1 N–H and O–H groups in total. The Hall–Kier alpha value is -3.99. The number of furan rings is 1. The number of ketones is 1. The van der Waals surface area contributed by atoms with Gasteiger partial charge in [-0.15, -0.1) is 17.7 Å². The van der Waals surface area contributed by atoms with Gasteiger partial charge < -0.3 is 14.1 Å². The number of hydrogen-bond donors (Lipinski definition) is 1. The van der Waals surface area contributed by atoms with Gasteiger partial charge in [-0.3, -0.25) is 4.79 Å². The zero-order valence-corrected chi connectivity index (χ0v) is 25.4. The quantitative estimate of drug-likeness (QED) is 0.0665. The fraction of sp³-hybridized carbons (Fsp3) is 0.176. The number of pyridine rings is 2. The van der Waals surface area contributed by atoms with E-state index in [0.29, 0.717) is 11.6 Å². The number of hydrogen-bond acceptors (Lipinski definition) is 4. The number of aromatic nitrogens is 2. The number of allylic oxidation sites excluding steroid dienone is 2. The largest absolute Gasteiger partial charge is 0.512 e. The second kappa shape index (κ2) is 12.0. The fourth-order valence-electron chi connectivity index (χ4n) is 5.03. The number of nitrogens with zero attached hydrogens (tertiary/aromatic N) is 2. The third-order valence-electron chi connectivity index (χ3n) is 6.57. The van der Waals surface area contributed by atoms with Crippen LogP contribution < -0.4 is 4.57 Å². The van der Waals surface area contributed by atoms with Crippen LogP contribution in [0, 0.1) is 19.0 Å². The number of carbonyl (C=O) groups excluding carboxylic acids is 1. The van der Waals surface area contributed by atoms with Gasteiger partial charge in [0.1, 0.15) is 11.2 Å². The normalized spacial score (nSPS) is 11.6. The number of fused-ring (bicyclic) bond motifs is 6. The standard InChI is InChI=1S/C29H23N2O.C5H8O2.Ir/c1-18(2)15-19-16-24-23-9-6-14-30-29(23)32-28(24)25(17-19)27-13-11-22-21-8-5-4-7-20(21)10-12-26(22)31(27)3;1-4(6)3-5(2)7;/h4-14,16,18H,3,15H2,1-2H3;3,6H,1-2H3;/q-1;;/b;4-3-;. The third kappa shape index (κ3) is 5.79. The molecule has 0 bridgehead atoms. The van der Waals surface area contributed by atoms with Gasteiger partial charge in [0.15, 0.2) is 5.78 Å². The van der Waals surface area contributed by atoms with Crippen molar-refractivity contribution in [1.82, 2.24) is 4.98 Å². The van der Waals surface area contributed by atoms with Gasteiger partial charge in [0.2, 0.25) is 5.71 Å². The number of rotatable bonds is 4. The first-order valence-corrected chi connectivity index (χ1v) is 13.0. The first-order valence-electron chi connectivity index (χ1n) is 13.0. The van der Waals surface area contributed by atoms with Crippen molar-refractivity contribution >= 4 is 49.5 Å². The van der Waals surface area contributed by atoms with E-state index in [4.69, 9.17) is 9.52 Å². The Morgan fingerprint density at radius 1 is 1.02 bits per heavy atom. The van der Waals surface area contributed by atoms with Gasteiger partial charge in [-0.2, -0.15) is 0 Å². The zero-order valence-electron chi connectivity index (χ0n) is 23.0. The van der Waals surface area contributed by atoms with Gasteiger partial charge >= 0.3 is 0 Å². The van der Waals surface area contributed by atoms with Crippen LogP contribution in [-0.2, 0) is 31.3 Å². The summed E-state index contributed by atoms with van der Waals surface area (Å²) < 4.78 is 8.26. The Kier molecular flexibility index (Phi) is 8.73. The van der Waals surface area contributed by atoms with Crippen LogP contribution in [0.4, 0.5) is 0 Å². The molecule has 0 unspecified atom stereocenters. The Labute approximate surface area is 247 Å². The average Bonchev–Trinajstić information content (AvgIpc) is 3.26. The Morgan fingerprint density at radius 2 is 1.77 bits per heavy atom. The molecule has 6 heteroatoms. The van der Waals surface area contributed by atoms with Crippen LogP contribution in [0.15, 0.2) is 89.2 Å². The summed E-state index contributed by atoms with van der Waals surface area (Å²) in [6.45, 7) is 7.31. The predicted molar refractivity (Wildman–Crippen MR) is 157 cm³/mol. The average molecular weight is 708 g/mol. The van der Waals surface area contributed by atoms with E-state index in [2.05, 4.69) is 92.6 Å². The van der Waals surface area contributed by atoms with Gasteiger partial charge in [0, 0.05) is 44.8 Å². The maximum atomic E-state index is 10.0. The van der Waals surface area contributed by atoms with Crippen molar-refractivity contribution in [3.05, 3.63) is 103 Å².